The SMILES string of the molecule is O=C(Nc1ccccc1-c1nnc(C(=O)N2CCOCC2)s1)c1cc(OC[C@@H](O)CO)nc(-c2ccccc2)n1. The Kier molecular flexibility index (Phi) is 8.66. The van der Waals surface area contributed by atoms with E-state index in [0.717, 1.165) is 11.3 Å². The molecular formula is C27H26N6O6S. The lowest BCUT2D eigenvalue weighted by molar-refractivity contribution is 0.0302. The molecule has 2 aromatic carbocycles. The first-order valence-corrected chi connectivity index (χ1v) is 13.3. The molecule has 0 radical (unpaired) electrons. The first kappa shape index (κ1) is 27.3. The van der Waals surface area contributed by atoms with Gasteiger partial charge in [-0.05, 0) is 12.1 Å². The van der Waals surface area contributed by atoms with Gasteiger partial charge in [-0.3, -0.25) is 9.59 Å². The van der Waals surface area contributed by atoms with Crippen LogP contribution in [-0.4, -0.2) is 92.7 Å². The molecule has 40 heavy (non-hydrogen) atoms. The molecule has 13 heteroatoms. The summed E-state index contributed by atoms with van der Waals surface area (Å²) < 4.78 is 10.8. The van der Waals surface area contributed by atoms with E-state index in [9.17, 15) is 14.7 Å². The van der Waals surface area contributed by atoms with Crippen molar-refractivity contribution < 1.29 is 29.3 Å². The van der Waals surface area contributed by atoms with Crippen LogP contribution in [0, 0.1) is 0 Å². The third kappa shape index (κ3) is 6.46. The van der Waals surface area contributed by atoms with Gasteiger partial charge in [-0.2, -0.15) is 4.98 Å². The van der Waals surface area contributed by atoms with Gasteiger partial charge in [0.1, 0.15) is 23.4 Å². The first-order chi connectivity index (χ1) is 19.5. The van der Waals surface area contributed by atoms with E-state index in [2.05, 4.69) is 25.5 Å². The zero-order chi connectivity index (χ0) is 27.9. The lowest BCUT2D eigenvalue weighted by atomic mass is 10.2. The largest absolute Gasteiger partial charge is 0.475 e. The summed E-state index contributed by atoms with van der Waals surface area (Å²) in [6.45, 7) is 1.26. The van der Waals surface area contributed by atoms with Crippen LogP contribution in [0.1, 0.15) is 20.3 Å². The number of rotatable bonds is 9. The first-order valence-electron chi connectivity index (χ1n) is 12.5. The summed E-state index contributed by atoms with van der Waals surface area (Å²) in [4.78, 5) is 36.7. The fourth-order valence-corrected chi connectivity index (χ4v) is 4.70. The Hall–Kier alpha value is -4.30. The molecule has 1 saturated heterocycles. The molecule has 1 atom stereocenters. The van der Waals surface area contributed by atoms with Crippen LogP contribution >= 0.6 is 11.3 Å². The van der Waals surface area contributed by atoms with Crippen molar-refractivity contribution in [2.45, 2.75) is 6.10 Å². The van der Waals surface area contributed by atoms with Gasteiger partial charge in [-0.25, -0.2) is 4.98 Å². The molecule has 206 valence electrons. The summed E-state index contributed by atoms with van der Waals surface area (Å²) in [5, 5.41) is 30.7. The molecule has 1 aliphatic rings. The standard InChI is InChI=1S/C27H26N6O6S/c34-15-18(35)16-39-22-14-21(28-23(30-22)17-6-2-1-3-7-17)24(36)29-20-9-5-4-8-19(20)25-31-32-26(40-25)27(37)33-10-12-38-13-11-33/h1-9,14,18,34-35H,10-13,15-16H2,(H,29,36)/t18-/m0/s1. The maximum atomic E-state index is 13.4. The number of nitrogens with one attached hydrogen (secondary N) is 1. The topological polar surface area (TPSA) is 160 Å². The molecule has 3 heterocycles. The Labute approximate surface area is 233 Å². The lowest BCUT2D eigenvalue weighted by Crippen LogP contribution is -2.40. The van der Waals surface area contributed by atoms with Gasteiger partial charge < -0.3 is 29.9 Å². The zero-order valence-corrected chi connectivity index (χ0v) is 22.1. The number of carbonyl (C=O) groups is 2. The quantitative estimate of drug-likeness (QED) is 0.276. The predicted molar refractivity (Wildman–Crippen MR) is 146 cm³/mol. The van der Waals surface area contributed by atoms with Gasteiger partial charge >= 0.3 is 0 Å². The van der Waals surface area contributed by atoms with Crippen molar-refractivity contribution in [3.63, 3.8) is 0 Å². The number of anilines is 1. The number of morpholine rings is 1. The molecule has 0 aliphatic carbocycles. The van der Waals surface area contributed by atoms with Crippen LogP contribution in [-0.2, 0) is 4.74 Å². The van der Waals surface area contributed by atoms with Crippen molar-refractivity contribution in [2.24, 2.45) is 0 Å². The average Bonchev–Trinajstić information content (AvgIpc) is 3.50. The van der Waals surface area contributed by atoms with E-state index in [0.29, 0.717) is 48.1 Å². The number of ether oxygens (including phenoxy) is 2. The molecule has 3 N–H and O–H groups in total. The van der Waals surface area contributed by atoms with Gasteiger partial charge in [0.15, 0.2) is 5.82 Å². The van der Waals surface area contributed by atoms with Crippen LogP contribution in [0.5, 0.6) is 5.88 Å². The van der Waals surface area contributed by atoms with Gasteiger partial charge in [0.05, 0.1) is 25.5 Å². The summed E-state index contributed by atoms with van der Waals surface area (Å²) in [6.07, 6.45) is -1.11. The summed E-state index contributed by atoms with van der Waals surface area (Å²) in [5.74, 6) is -0.420. The van der Waals surface area contributed by atoms with Crippen LogP contribution in [0.15, 0.2) is 60.7 Å². The fourth-order valence-electron chi connectivity index (χ4n) is 3.85. The molecule has 0 spiro atoms. The zero-order valence-electron chi connectivity index (χ0n) is 21.3. The second-order valence-corrected chi connectivity index (χ2v) is 9.72. The molecule has 12 nitrogen and oxygen atoms in total. The normalized spacial score (nSPS) is 14.0. The highest BCUT2D eigenvalue weighted by Crippen LogP contribution is 2.31. The molecule has 5 rings (SSSR count). The third-order valence-corrected chi connectivity index (χ3v) is 6.86. The van der Waals surface area contributed by atoms with Crippen LogP contribution < -0.4 is 10.1 Å². The highest BCUT2D eigenvalue weighted by Gasteiger charge is 2.24. The number of benzene rings is 2. The summed E-state index contributed by atoms with van der Waals surface area (Å²) in [7, 11) is 0. The van der Waals surface area contributed by atoms with Crippen LogP contribution in [0.25, 0.3) is 22.0 Å². The van der Waals surface area contributed by atoms with Crippen molar-refractivity contribution in [3.8, 4) is 27.8 Å². The summed E-state index contributed by atoms with van der Waals surface area (Å²) in [5.41, 5.74) is 1.73. The van der Waals surface area contributed by atoms with E-state index in [1.165, 1.54) is 6.07 Å². The van der Waals surface area contributed by atoms with Crippen LogP contribution in [0.2, 0.25) is 0 Å². The number of amides is 2. The Balaban J connectivity index is 1.40. The van der Waals surface area contributed by atoms with Crippen molar-refractivity contribution in [2.75, 3.05) is 44.8 Å². The Morgan fingerprint density at radius 3 is 2.58 bits per heavy atom. The molecule has 1 fully saturated rings. The van der Waals surface area contributed by atoms with Gasteiger partial charge in [-0.1, -0.05) is 53.8 Å². The minimum Gasteiger partial charge on any atom is -0.475 e. The molecular weight excluding hydrogens is 536 g/mol. The van der Waals surface area contributed by atoms with Crippen molar-refractivity contribution in [3.05, 3.63) is 71.4 Å². The van der Waals surface area contributed by atoms with Crippen LogP contribution in [0.4, 0.5) is 5.69 Å². The number of aliphatic hydroxyl groups excluding tert-OH is 2. The lowest BCUT2D eigenvalue weighted by Gasteiger charge is -2.25. The number of hydrogen-bond acceptors (Lipinski definition) is 11. The Bertz CT molecular complexity index is 1480. The number of para-hydroxylation sites is 1. The van der Waals surface area contributed by atoms with Gasteiger partial charge in [0.2, 0.25) is 10.9 Å². The minimum atomic E-state index is -1.11. The maximum Gasteiger partial charge on any atom is 0.285 e. The van der Waals surface area contributed by atoms with Gasteiger partial charge in [0, 0.05) is 30.3 Å². The number of nitrogens with zero attached hydrogens (tertiary/aromatic N) is 5. The highest BCUT2D eigenvalue weighted by molar-refractivity contribution is 7.16. The smallest absolute Gasteiger partial charge is 0.285 e. The van der Waals surface area contributed by atoms with Crippen molar-refractivity contribution >= 4 is 28.8 Å². The van der Waals surface area contributed by atoms with Gasteiger partial charge in [-0.15, -0.1) is 10.2 Å². The predicted octanol–water partition coefficient (Wildman–Crippen LogP) is 2.12. The molecule has 0 saturated carbocycles. The number of aliphatic hydroxyl groups is 2. The fraction of sp³-hybridized carbons (Fsp3) is 0.259. The second kappa shape index (κ2) is 12.7. The number of carbonyl (C=O) groups excluding carboxylic acids is 2. The maximum absolute atomic E-state index is 13.4. The monoisotopic (exact) mass is 562 g/mol. The Morgan fingerprint density at radius 2 is 1.80 bits per heavy atom. The molecule has 1 aliphatic heterocycles. The Morgan fingerprint density at radius 1 is 1.05 bits per heavy atom. The van der Waals surface area contributed by atoms with Crippen molar-refractivity contribution in [1.29, 1.82) is 0 Å². The van der Waals surface area contributed by atoms with E-state index in [1.54, 1.807) is 41.3 Å². The number of aromatic nitrogens is 4. The molecule has 0 unspecified atom stereocenters. The average molecular weight is 563 g/mol. The van der Waals surface area contributed by atoms with E-state index in [-0.39, 0.29) is 34.9 Å². The van der Waals surface area contributed by atoms with E-state index in [4.69, 9.17) is 14.6 Å². The highest BCUT2D eigenvalue weighted by atomic mass is 32.1. The summed E-state index contributed by atoms with van der Waals surface area (Å²) in [6, 6.07) is 17.5. The molecule has 2 aromatic heterocycles. The summed E-state index contributed by atoms with van der Waals surface area (Å²) >= 11 is 1.14. The van der Waals surface area contributed by atoms with Gasteiger partial charge in [0.25, 0.3) is 11.8 Å². The van der Waals surface area contributed by atoms with Crippen molar-refractivity contribution in [1.82, 2.24) is 25.1 Å². The van der Waals surface area contributed by atoms with E-state index >= 15 is 0 Å². The molecule has 2 amide bonds. The molecule has 4 aromatic rings. The van der Waals surface area contributed by atoms with E-state index in [1.807, 2.05) is 18.2 Å². The number of hydrogen-bond donors (Lipinski definition) is 3. The van der Waals surface area contributed by atoms with E-state index < -0.39 is 18.6 Å². The second-order valence-electron chi connectivity index (χ2n) is 8.75. The third-order valence-electron chi connectivity index (χ3n) is 5.91. The molecule has 0 bridgehead atoms. The van der Waals surface area contributed by atoms with Crippen LogP contribution in [0.3, 0.4) is 0 Å². The minimum absolute atomic E-state index is 0.0255.